The fourth-order valence-corrected chi connectivity index (χ4v) is 2.77. The van der Waals surface area contributed by atoms with E-state index < -0.39 is 0 Å². The molecule has 1 fully saturated rings. The van der Waals surface area contributed by atoms with Gasteiger partial charge >= 0.3 is 0 Å². The molecule has 0 bridgehead atoms. The highest BCUT2D eigenvalue weighted by molar-refractivity contribution is 7.09. The molecule has 0 aromatic carbocycles. The third-order valence-electron chi connectivity index (χ3n) is 2.90. The van der Waals surface area contributed by atoms with Gasteiger partial charge in [0.1, 0.15) is 0 Å². The Kier molecular flexibility index (Phi) is 3.78. The highest BCUT2D eigenvalue weighted by atomic mass is 32.1. The van der Waals surface area contributed by atoms with Crippen molar-refractivity contribution >= 4 is 17.2 Å². The molecule has 15 heavy (non-hydrogen) atoms. The zero-order valence-electron chi connectivity index (χ0n) is 8.87. The molecule has 1 aliphatic carbocycles. The number of hydrogen-bond donors (Lipinski definition) is 1. The first-order valence-corrected chi connectivity index (χ1v) is 6.54. The van der Waals surface area contributed by atoms with Crippen LogP contribution >= 0.6 is 11.3 Å². The molecule has 0 saturated heterocycles. The number of aryl methyl sites for hydroxylation is 1. The summed E-state index contributed by atoms with van der Waals surface area (Å²) in [6.45, 7) is 0. The molecule has 0 spiro atoms. The van der Waals surface area contributed by atoms with Crippen LogP contribution in [0.4, 0.5) is 0 Å². The Morgan fingerprint density at radius 1 is 1.47 bits per heavy atom. The SMILES string of the molecule is O=C(CCc1cccs1)NC1CCCC1. The molecular formula is C12H17NOS. The summed E-state index contributed by atoms with van der Waals surface area (Å²) in [5, 5.41) is 5.17. The molecule has 1 N–H and O–H groups in total. The molecule has 82 valence electrons. The lowest BCUT2D eigenvalue weighted by atomic mass is 10.2. The van der Waals surface area contributed by atoms with Gasteiger partial charge in [-0.15, -0.1) is 11.3 Å². The van der Waals surface area contributed by atoms with Crippen molar-refractivity contribution in [3.63, 3.8) is 0 Å². The van der Waals surface area contributed by atoms with Crippen LogP contribution in [0.3, 0.4) is 0 Å². The Hall–Kier alpha value is -0.830. The summed E-state index contributed by atoms with van der Waals surface area (Å²) in [4.78, 5) is 12.9. The van der Waals surface area contributed by atoms with Crippen molar-refractivity contribution < 1.29 is 4.79 Å². The summed E-state index contributed by atoms with van der Waals surface area (Å²) in [6.07, 6.45) is 6.41. The molecule has 0 atom stereocenters. The van der Waals surface area contributed by atoms with Gasteiger partial charge in [0.25, 0.3) is 0 Å². The molecule has 0 aliphatic heterocycles. The molecule has 0 unspecified atom stereocenters. The quantitative estimate of drug-likeness (QED) is 0.835. The van der Waals surface area contributed by atoms with Crippen molar-refractivity contribution in [2.24, 2.45) is 0 Å². The molecule has 1 aromatic heterocycles. The Labute approximate surface area is 94.7 Å². The molecule has 1 heterocycles. The van der Waals surface area contributed by atoms with E-state index in [9.17, 15) is 4.79 Å². The van der Waals surface area contributed by atoms with Gasteiger partial charge in [-0.1, -0.05) is 18.9 Å². The van der Waals surface area contributed by atoms with Gasteiger partial charge in [0.05, 0.1) is 0 Å². The van der Waals surface area contributed by atoms with E-state index in [0.29, 0.717) is 12.5 Å². The summed E-state index contributed by atoms with van der Waals surface area (Å²) in [5.74, 6) is 0.218. The Morgan fingerprint density at radius 2 is 2.27 bits per heavy atom. The van der Waals surface area contributed by atoms with Crippen LogP contribution < -0.4 is 5.32 Å². The minimum Gasteiger partial charge on any atom is -0.353 e. The number of nitrogens with one attached hydrogen (secondary N) is 1. The summed E-state index contributed by atoms with van der Waals surface area (Å²) >= 11 is 1.73. The molecule has 1 amide bonds. The van der Waals surface area contributed by atoms with Crippen LogP contribution in [0.2, 0.25) is 0 Å². The zero-order chi connectivity index (χ0) is 10.5. The maximum Gasteiger partial charge on any atom is 0.220 e. The molecule has 2 nitrogen and oxygen atoms in total. The Bertz CT molecular complexity index is 301. The lowest BCUT2D eigenvalue weighted by Crippen LogP contribution is -2.32. The average molecular weight is 223 g/mol. The summed E-state index contributed by atoms with van der Waals surface area (Å²) in [5.41, 5.74) is 0. The van der Waals surface area contributed by atoms with Gasteiger partial charge in [0.2, 0.25) is 5.91 Å². The standard InChI is InChI=1S/C12H17NOS/c14-12(13-10-4-1-2-5-10)8-7-11-6-3-9-15-11/h3,6,9-10H,1-2,4-5,7-8H2,(H,13,14). The normalized spacial score (nSPS) is 16.8. The van der Waals surface area contributed by atoms with Gasteiger partial charge in [-0.05, 0) is 30.7 Å². The summed E-state index contributed by atoms with van der Waals surface area (Å²) < 4.78 is 0. The van der Waals surface area contributed by atoms with E-state index in [0.717, 1.165) is 6.42 Å². The number of hydrogen-bond acceptors (Lipinski definition) is 2. The van der Waals surface area contributed by atoms with Crippen molar-refractivity contribution in [1.82, 2.24) is 5.32 Å². The lowest BCUT2D eigenvalue weighted by Gasteiger charge is -2.11. The lowest BCUT2D eigenvalue weighted by molar-refractivity contribution is -0.121. The van der Waals surface area contributed by atoms with Crippen LogP contribution in [0, 0.1) is 0 Å². The van der Waals surface area contributed by atoms with Crippen LogP contribution in [-0.4, -0.2) is 11.9 Å². The predicted molar refractivity (Wildman–Crippen MR) is 63.0 cm³/mol. The highest BCUT2D eigenvalue weighted by Crippen LogP contribution is 2.18. The van der Waals surface area contributed by atoms with Crippen LogP contribution in [-0.2, 0) is 11.2 Å². The van der Waals surface area contributed by atoms with Crippen LogP contribution in [0.25, 0.3) is 0 Å². The third kappa shape index (κ3) is 3.34. The molecule has 1 aromatic rings. The van der Waals surface area contributed by atoms with E-state index in [4.69, 9.17) is 0 Å². The van der Waals surface area contributed by atoms with Crippen molar-refractivity contribution in [3.8, 4) is 0 Å². The third-order valence-corrected chi connectivity index (χ3v) is 3.84. The molecular weight excluding hydrogens is 206 g/mol. The Morgan fingerprint density at radius 3 is 2.93 bits per heavy atom. The van der Waals surface area contributed by atoms with E-state index in [1.165, 1.54) is 30.6 Å². The van der Waals surface area contributed by atoms with Crippen LogP contribution in [0.15, 0.2) is 17.5 Å². The fraction of sp³-hybridized carbons (Fsp3) is 0.583. The molecule has 0 radical (unpaired) electrons. The predicted octanol–water partition coefficient (Wildman–Crippen LogP) is 2.74. The van der Waals surface area contributed by atoms with Gasteiger partial charge in [0.15, 0.2) is 0 Å². The maximum absolute atomic E-state index is 11.6. The molecule has 2 rings (SSSR count). The number of carbonyl (C=O) groups is 1. The van der Waals surface area contributed by atoms with Gasteiger partial charge < -0.3 is 5.32 Å². The van der Waals surface area contributed by atoms with Crippen molar-refractivity contribution in [2.75, 3.05) is 0 Å². The second-order valence-electron chi connectivity index (χ2n) is 4.13. The van der Waals surface area contributed by atoms with Crippen LogP contribution in [0.1, 0.15) is 37.0 Å². The first-order chi connectivity index (χ1) is 7.34. The largest absolute Gasteiger partial charge is 0.353 e. The minimum absolute atomic E-state index is 0.218. The number of amides is 1. The minimum atomic E-state index is 0.218. The smallest absolute Gasteiger partial charge is 0.220 e. The van der Waals surface area contributed by atoms with Gasteiger partial charge in [-0.2, -0.15) is 0 Å². The molecule has 1 saturated carbocycles. The van der Waals surface area contributed by atoms with Gasteiger partial charge in [-0.25, -0.2) is 0 Å². The summed E-state index contributed by atoms with van der Waals surface area (Å²) in [6, 6.07) is 4.59. The van der Waals surface area contributed by atoms with Gasteiger partial charge in [0, 0.05) is 17.3 Å². The number of thiophene rings is 1. The number of carbonyl (C=O) groups excluding carboxylic acids is 1. The van der Waals surface area contributed by atoms with Crippen LogP contribution in [0.5, 0.6) is 0 Å². The molecule has 3 heteroatoms. The van der Waals surface area contributed by atoms with E-state index in [1.807, 2.05) is 6.07 Å². The topological polar surface area (TPSA) is 29.1 Å². The zero-order valence-corrected chi connectivity index (χ0v) is 9.69. The highest BCUT2D eigenvalue weighted by Gasteiger charge is 2.16. The first-order valence-electron chi connectivity index (χ1n) is 5.66. The number of rotatable bonds is 4. The van der Waals surface area contributed by atoms with E-state index >= 15 is 0 Å². The van der Waals surface area contributed by atoms with Crippen molar-refractivity contribution in [1.29, 1.82) is 0 Å². The second-order valence-corrected chi connectivity index (χ2v) is 5.16. The molecule has 1 aliphatic rings. The van der Waals surface area contributed by atoms with Gasteiger partial charge in [-0.3, -0.25) is 4.79 Å². The average Bonchev–Trinajstić information content (AvgIpc) is 2.86. The second kappa shape index (κ2) is 5.31. The maximum atomic E-state index is 11.6. The van der Waals surface area contributed by atoms with E-state index in [1.54, 1.807) is 11.3 Å². The Balaban J connectivity index is 1.68. The monoisotopic (exact) mass is 223 g/mol. The summed E-state index contributed by atoms with van der Waals surface area (Å²) in [7, 11) is 0. The van der Waals surface area contributed by atoms with Crippen molar-refractivity contribution in [3.05, 3.63) is 22.4 Å². The van der Waals surface area contributed by atoms with E-state index in [-0.39, 0.29) is 5.91 Å². The van der Waals surface area contributed by atoms with E-state index in [2.05, 4.69) is 16.8 Å². The first kappa shape index (κ1) is 10.7. The van der Waals surface area contributed by atoms with Crippen molar-refractivity contribution in [2.45, 2.75) is 44.6 Å². The fourth-order valence-electron chi connectivity index (χ4n) is 2.06.